The minimum absolute atomic E-state index is 0.223. The standard InChI is InChI=1S/C15H21FO/c1-15(17,10-12-5-2-3-6-12)11-13-7-4-8-14(16)9-13/h4,7-9,12,17H,2-3,5-6,10-11H2,1H3. The van der Waals surface area contributed by atoms with Crippen molar-refractivity contribution in [1.82, 2.24) is 0 Å². The Morgan fingerprint density at radius 2 is 2.06 bits per heavy atom. The fraction of sp³-hybridized carbons (Fsp3) is 0.600. The normalized spacial score (nSPS) is 20.4. The van der Waals surface area contributed by atoms with Crippen molar-refractivity contribution in [2.45, 2.75) is 51.0 Å². The summed E-state index contributed by atoms with van der Waals surface area (Å²) < 4.78 is 13.1. The van der Waals surface area contributed by atoms with Gasteiger partial charge in [-0.3, -0.25) is 0 Å². The molecule has 1 aliphatic carbocycles. The molecule has 0 bridgehead atoms. The molecule has 0 aromatic heterocycles. The topological polar surface area (TPSA) is 20.2 Å². The third-order valence-electron chi connectivity index (χ3n) is 3.68. The van der Waals surface area contributed by atoms with Crippen molar-refractivity contribution in [2.24, 2.45) is 5.92 Å². The zero-order chi connectivity index (χ0) is 12.3. The fourth-order valence-electron chi connectivity index (χ4n) is 3.00. The van der Waals surface area contributed by atoms with Gasteiger partial charge in [0, 0.05) is 6.42 Å². The first-order chi connectivity index (χ1) is 8.05. The lowest BCUT2D eigenvalue weighted by Gasteiger charge is -2.26. The summed E-state index contributed by atoms with van der Waals surface area (Å²) in [6.45, 7) is 1.87. The van der Waals surface area contributed by atoms with Crippen LogP contribution in [0.5, 0.6) is 0 Å². The highest BCUT2D eigenvalue weighted by Crippen LogP contribution is 2.33. The van der Waals surface area contributed by atoms with Crippen LogP contribution in [0.4, 0.5) is 4.39 Å². The van der Waals surface area contributed by atoms with Crippen LogP contribution >= 0.6 is 0 Å². The van der Waals surface area contributed by atoms with E-state index in [1.54, 1.807) is 6.07 Å². The van der Waals surface area contributed by atoms with Crippen LogP contribution in [0.15, 0.2) is 24.3 Å². The lowest BCUT2D eigenvalue weighted by Crippen LogP contribution is -2.29. The van der Waals surface area contributed by atoms with Crippen LogP contribution in [-0.4, -0.2) is 10.7 Å². The molecule has 17 heavy (non-hydrogen) atoms. The Bertz CT molecular complexity index is 367. The molecule has 2 rings (SSSR count). The smallest absolute Gasteiger partial charge is 0.123 e. The average molecular weight is 236 g/mol. The van der Waals surface area contributed by atoms with Crippen molar-refractivity contribution in [3.63, 3.8) is 0 Å². The predicted octanol–water partition coefficient (Wildman–Crippen LogP) is 3.70. The van der Waals surface area contributed by atoms with Crippen molar-refractivity contribution in [2.75, 3.05) is 0 Å². The Morgan fingerprint density at radius 1 is 1.35 bits per heavy atom. The van der Waals surface area contributed by atoms with Gasteiger partial charge in [0.05, 0.1) is 5.60 Å². The number of hydrogen-bond donors (Lipinski definition) is 1. The van der Waals surface area contributed by atoms with E-state index in [0.29, 0.717) is 12.3 Å². The average Bonchev–Trinajstić information content (AvgIpc) is 2.68. The Kier molecular flexibility index (Phi) is 3.82. The molecule has 1 fully saturated rings. The van der Waals surface area contributed by atoms with E-state index in [1.807, 2.05) is 13.0 Å². The van der Waals surface area contributed by atoms with Crippen LogP contribution in [0.2, 0.25) is 0 Å². The number of hydrogen-bond acceptors (Lipinski definition) is 1. The van der Waals surface area contributed by atoms with Crippen molar-refractivity contribution >= 4 is 0 Å². The first-order valence-electron chi connectivity index (χ1n) is 6.52. The van der Waals surface area contributed by atoms with E-state index in [0.717, 1.165) is 12.0 Å². The fourth-order valence-corrected chi connectivity index (χ4v) is 3.00. The maximum absolute atomic E-state index is 13.1. The van der Waals surface area contributed by atoms with Crippen molar-refractivity contribution in [3.05, 3.63) is 35.6 Å². The van der Waals surface area contributed by atoms with Gasteiger partial charge in [0.1, 0.15) is 5.82 Å². The lowest BCUT2D eigenvalue weighted by molar-refractivity contribution is 0.0348. The van der Waals surface area contributed by atoms with Crippen LogP contribution < -0.4 is 0 Å². The van der Waals surface area contributed by atoms with E-state index in [1.165, 1.54) is 37.8 Å². The first-order valence-corrected chi connectivity index (χ1v) is 6.52. The summed E-state index contributed by atoms with van der Waals surface area (Å²) in [5.74, 6) is 0.428. The summed E-state index contributed by atoms with van der Waals surface area (Å²) in [5.41, 5.74) is 0.177. The molecule has 0 saturated heterocycles. The summed E-state index contributed by atoms with van der Waals surface area (Å²) in [5, 5.41) is 10.4. The van der Waals surface area contributed by atoms with E-state index in [4.69, 9.17) is 0 Å². The molecule has 94 valence electrons. The minimum atomic E-state index is -0.706. The Labute approximate surface area is 103 Å². The van der Waals surface area contributed by atoms with Gasteiger partial charge in [-0.2, -0.15) is 0 Å². The second kappa shape index (κ2) is 5.18. The Morgan fingerprint density at radius 3 is 2.71 bits per heavy atom. The molecule has 1 aromatic rings. The van der Waals surface area contributed by atoms with Crippen molar-refractivity contribution in [1.29, 1.82) is 0 Å². The summed E-state index contributed by atoms with van der Waals surface area (Å²) >= 11 is 0. The van der Waals surface area contributed by atoms with Gasteiger partial charge in [-0.1, -0.05) is 37.8 Å². The van der Waals surface area contributed by atoms with E-state index < -0.39 is 5.60 Å². The van der Waals surface area contributed by atoms with Gasteiger partial charge in [-0.15, -0.1) is 0 Å². The van der Waals surface area contributed by atoms with E-state index in [-0.39, 0.29) is 5.82 Å². The monoisotopic (exact) mass is 236 g/mol. The molecule has 1 N–H and O–H groups in total. The molecule has 1 aromatic carbocycles. The van der Waals surface area contributed by atoms with Crippen LogP contribution in [0.3, 0.4) is 0 Å². The summed E-state index contributed by atoms with van der Waals surface area (Å²) in [6.07, 6.45) is 6.44. The molecule has 0 radical (unpaired) electrons. The van der Waals surface area contributed by atoms with Crippen LogP contribution in [0.25, 0.3) is 0 Å². The molecular weight excluding hydrogens is 215 g/mol. The van der Waals surface area contributed by atoms with Crippen LogP contribution in [-0.2, 0) is 6.42 Å². The first kappa shape index (κ1) is 12.6. The molecule has 1 nitrogen and oxygen atoms in total. The predicted molar refractivity (Wildman–Crippen MR) is 67.3 cm³/mol. The van der Waals surface area contributed by atoms with Gasteiger partial charge < -0.3 is 5.11 Å². The van der Waals surface area contributed by atoms with Crippen LogP contribution in [0, 0.1) is 11.7 Å². The molecule has 2 heteroatoms. The van der Waals surface area contributed by atoms with Gasteiger partial charge >= 0.3 is 0 Å². The number of halogens is 1. The third-order valence-corrected chi connectivity index (χ3v) is 3.68. The third kappa shape index (κ3) is 3.81. The maximum atomic E-state index is 13.1. The maximum Gasteiger partial charge on any atom is 0.123 e. The van der Waals surface area contributed by atoms with Gasteiger partial charge in [-0.05, 0) is 37.0 Å². The van der Waals surface area contributed by atoms with Gasteiger partial charge in [0.15, 0.2) is 0 Å². The van der Waals surface area contributed by atoms with Crippen molar-refractivity contribution < 1.29 is 9.50 Å². The van der Waals surface area contributed by atoms with Gasteiger partial charge in [-0.25, -0.2) is 4.39 Å². The molecule has 1 aliphatic rings. The number of aliphatic hydroxyl groups is 1. The zero-order valence-corrected chi connectivity index (χ0v) is 10.5. The molecule has 1 unspecified atom stereocenters. The molecule has 1 atom stereocenters. The molecule has 0 spiro atoms. The largest absolute Gasteiger partial charge is 0.390 e. The molecule has 0 amide bonds. The van der Waals surface area contributed by atoms with Crippen molar-refractivity contribution in [3.8, 4) is 0 Å². The Balaban J connectivity index is 1.95. The van der Waals surface area contributed by atoms with Gasteiger partial charge in [0.25, 0.3) is 0 Å². The van der Waals surface area contributed by atoms with E-state index in [9.17, 15) is 9.50 Å². The minimum Gasteiger partial charge on any atom is -0.390 e. The zero-order valence-electron chi connectivity index (χ0n) is 10.5. The molecule has 0 heterocycles. The quantitative estimate of drug-likeness (QED) is 0.845. The Hall–Kier alpha value is -0.890. The molecule has 0 aliphatic heterocycles. The highest BCUT2D eigenvalue weighted by atomic mass is 19.1. The second-order valence-corrected chi connectivity index (χ2v) is 5.66. The number of benzene rings is 1. The van der Waals surface area contributed by atoms with E-state index in [2.05, 4.69) is 0 Å². The highest BCUT2D eigenvalue weighted by Gasteiger charge is 2.27. The summed E-state index contributed by atoms with van der Waals surface area (Å²) in [6, 6.07) is 6.54. The molecule has 1 saturated carbocycles. The summed E-state index contributed by atoms with van der Waals surface area (Å²) in [7, 11) is 0. The van der Waals surface area contributed by atoms with Crippen LogP contribution in [0.1, 0.15) is 44.6 Å². The SMILES string of the molecule is CC(O)(Cc1cccc(F)c1)CC1CCCC1. The lowest BCUT2D eigenvalue weighted by atomic mass is 9.86. The van der Waals surface area contributed by atoms with Gasteiger partial charge in [0.2, 0.25) is 0 Å². The summed E-state index contributed by atoms with van der Waals surface area (Å²) in [4.78, 5) is 0. The second-order valence-electron chi connectivity index (χ2n) is 5.66. The number of rotatable bonds is 4. The molecular formula is C15H21FO. The highest BCUT2D eigenvalue weighted by molar-refractivity contribution is 5.18. The van der Waals surface area contributed by atoms with E-state index >= 15 is 0 Å².